The highest BCUT2D eigenvalue weighted by Crippen LogP contribution is 2.22. The summed E-state index contributed by atoms with van der Waals surface area (Å²) in [7, 11) is 0. The van der Waals surface area contributed by atoms with E-state index in [1.54, 1.807) is 0 Å². The molecule has 0 fully saturated rings. The molecule has 0 saturated carbocycles. The summed E-state index contributed by atoms with van der Waals surface area (Å²) in [5.41, 5.74) is 9.56. The molecule has 1 aromatic carbocycles. The van der Waals surface area contributed by atoms with Gasteiger partial charge in [0.1, 0.15) is 0 Å². The van der Waals surface area contributed by atoms with Crippen molar-refractivity contribution in [3.8, 4) is 0 Å². The molecule has 2 N–H and O–H groups in total. The van der Waals surface area contributed by atoms with Gasteiger partial charge in [-0.05, 0) is 23.6 Å². The fourth-order valence-corrected chi connectivity index (χ4v) is 1.48. The Morgan fingerprint density at radius 1 is 1.33 bits per heavy atom. The molecule has 12 heavy (non-hydrogen) atoms. The highest BCUT2D eigenvalue weighted by Gasteiger charge is 2.11. The van der Waals surface area contributed by atoms with Gasteiger partial charge >= 0.3 is 0 Å². The SMILES string of the molecule is C[C@H](N)c1ccc2c(c1)COC2. The lowest BCUT2D eigenvalue weighted by Crippen LogP contribution is -2.05. The minimum absolute atomic E-state index is 0.121. The highest BCUT2D eigenvalue weighted by molar-refractivity contribution is 5.34. The molecular formula is C10H13NO. The van der Waals surface area contributed by atoms with Crippen molar-refractivity contribution < 1.29 is 4.74 Å². The Kier molecular flexibility index (Phi) is 1.87. The average molecular weight is 163 g/mol. The van der Waals surface area contributed by atoms with Crippen molar-refractivity contribution in [3.63, 3.8) is 0 Å². The maximum absolute atomic E-state index is 5.77. The first kappa shape index (κ1) is 7.77. The van der Waals surface area contributed by atoms with E-state index in [0.717, 1.165) is 13.2 Å². The third-order valence-electron chi connectivity index (χ3n) is 2.27. The van der Waals surface area contributed by atoms with Crippen molar-refractivity contribution in [2.45, 2.75) is 26.2 Å². The second kappa shape index (κ2) is 2.88. The van der Waals surface area contributed by atoms with Gasteiger partial charge in [-0.25, -0.2) is 0 Å². The second-order valence-corrected chi connectivity index (χ2v) is 3.31. The summed E-state index contributed by atoms with van der Waals surface area (Å²) in [4.78, 5) is 0. The zero-order chi connectivity index (χ0) is 8.55. The summed E-state index contributed by atoms with van der Waals surface area (Å²) in [5.74, 6) is 0. The molecule has 2 rings (SSSR count). The lowest BCUT2D eigenvalue weighted by atomic mass is 10.0. The predicted molar refractivity (Wildman–Crippen MR) is 47.5 cm³/mol. The molecule has 0 amide bonds. The van der Waals surface area contributed by atoms with Gasteiger partial charge in [0.05, 0.1) is 13.2 Å². The summed E-state index contributed by atoms with van der Waals surface area (Å²) in [6.07, 6.45) is 0. The number of hydrogen-bond donors (Lipinski definition) is 1. The lowest BCUT2D eigenvalue weighted by Gasteiger charge is -2.06. The number of ether oxygens (including phenoxy) is 1. The third kappa shape index (κ3) is 1.24. The molecule has 0 spiro atoms. The molecule has 0 unspecified atom stereocenters. The monoisotopic (exact) mass is 163 g/mol. The van der Waals surface area contributed by atoms with Crippen LogP contribution in [-0.2, 0) is 18.0 Å². The zero-order valence-electron chi connectivity index (χ0n) is 7.21. The van der Waals surface area contributed by atoms with E-state index in [2.05, 4.69) is 18.2 Å². The van der Waals surface area contributed by atoms with Crippen LogP contribution in [-0.4, -0.2) is 0 Å². The molecule has 1 aliphatic rings. The van der Waals surface area contributed by atoms with E-state index >= 15 is 0 Å². The van der Waals surface area contributed by atoms with E-state index in [1.807, 2.05) is 6.92 Å². The molecular weight excluding hydrogens is 150 g/mol. The fourth-order valence-electron chi connectivity index (χ4n) is 1.48. The molecule has 1 heterocycles. The molecule has 0 saturated heterocycles. The smallest absolute Gasteiger partial charge is 0.0725 e. The largest absolute Gasteiger partial charge is 0.372 e. The number of rotatable bonds is 1. The summed E-state index contributed by atoms with van der Waals surface area (Å²) >= 11 is 0. The van der Waals surface area contributed by atoms with E-state index in [-0.39, 0.29) is 6.04 Å². The zero-order valence-corrected chi connectivity index (χ0v) is 7.21. The van der Waals surface area contributed by atoms with Crippen molar-refractivity contribution in [2.75, 3.05) is 0 Å². The number of nitrogens with two attached hydrogens (primary N) is 1. The number of benzene rings is 1. The highest BCUT2D eigenvalue weighted by atomic mass is 16.5. The molecule has 1 aliphatic heterocycles. The van der Waals surface area contributed by atoms with Gasteiger partial charge in [-0.2, -0.15) is 0 Å². The van der Waals surface area contributed by atoms with Crippen molar-refractivity contribution in [1.82, 2.24) is 0 Å². The third-order valence-corrected chi connectivity index (χ3v) is 2.27. The molecule has 0 radical (unpaired) electrons. The van der Waals surface area contributed by atoms with Crippen molar-refractivity contribution >= 4 is 0 Å². The Morgan fingerprint density at radius 3 is 2.83 bits per heavy atom. The van der Waals surface area contributed by atoms with Crippen molar-refractivity contribution in [2.24, 2.45) is 5.73 Å². The lowest BCUT2D eigenvalue weighted by molar-refractivity contribution is 0.134. The van der Waals surface area contributed by atoms with Crippen LogP contribution >= 0.6 is 0 Å². The Balaban J connectivity index is 2.39. The van der Waals surface area contributed by atoms with Crippen LogP contribution in [0.1, 0.15) is 29.7 Å². The van der Waals surface area contributed by atoms with Crippen LogP contribution in [0.3, 0.4) is 0 Å². The molecule has 0 aromatic heterocycles. The molecule has 0 aliphatic carbocycles. The molecule has 64 valence electrons. The molecule has 2 heteroatoms. The maximum Gasteiger partial charge on any atom is 0.0725 e. The quantitative estimate of drug-likeness (QED) is 0.684. The van der Waals surface area contributed by atoms with Crippen LogP contribution < -0.4 is 5.73 Å². The van der Waals surface area contributed by atoms with Gasteiger partial charge in [-0.1, -0.05) is 18.2 Å². The predicted octanol–water partition coefficient (Wildman–Crippen LogP) is 1.74. The summed E-state index contributed by atoms with van der Waals surface area (Å²) in [6, 6.07) is 6.46. The standard InChI is InChI=1S/C10H13NO/c1-7(11)8-2-3-9-5-12-6-10(9)4-8/h2-4,7H,5-6,11H2,1H3/t7-/m0/s1. The topological polar surface area (TPSA) is 35.2 Å². The minimum atomic E-state index is 0.121. The molecule has 1 atom stereocenters. The molecule has 0 bridgehead atoms. The molecule has 1 aromatic rings. The summed E-state index contributed by atoms with van der Waals surface area (Å²) in [5, 5.41) is 0. The van der Waals surface area contributed by atoms with Gasteiger partial charge in [0.15, 0.2) is 0 Å². The van der Waals surface area contributed by atoms with Crippen LogP contribution in [0, 0.1) is 0 Å². The van der Waals surface area contributed by atoms with Crippen LogP contribution in [0.5, 0.6) is 0 Å². The van der Waals surface area contributed by atoms with E-state index in [9.17, 15) is 0 Å². The Morgan fingerprint density at radius 2 is 2.08 bits per heavy atom. The summed E-state index contributed by atoms with van der Waals surface area (Å²) < 4.78 is 5.31. The minimum Gasteiger partial charge on any atom is -0.372 e. The van der Waals surface area contributed by atoms with Crippen LogP contribution in [0.4, 0.5) is 0 Å². The Hall–Kier alpha value is -0.860. The maximum atomic E-state index is 5.77. The number of hydrogen-bond acceptors (Lipinski definition) is 2. The number of fused-ring (bicyclic) bond motifs is 1. The first-order valence-corrected chi connectivity index (χ1v) is 4.22. The first-order chi connectivity index (χ1) is 5.77. The molecule has 2 nitrogen and oxygen atoms in total. The normalized spacial score (nSPS) is 17.5. The van der Waals surface area contributed by atoms with Gasteiger partial charge in [0.2, 0.25) is 0 Å². The van der Waals surface area contributed by atoms with Gasteiger partial charge < -0.3 is 10.5 Å². The van der Waals surface area contributed by atoms with Crippen LogP contribution in [0.25, 0.3) is 0 Å². The van der Waals surface area contributed by atoms with E-state index in [0.29, 0.717) is 0 Å². The van der Waals surface area contributed by atoms with E-state index in [1.165, 1.54) is 16.7 Å². The Bertz CT molecular complexity index is 294. The van der Waals surface area contributed by atoms with Gasteiger partial charge in [0.25, 0.3) is 0 Å². The van der Waals surface area contributed by atoms with Gasteiger partial charge in [-0.15, -0.1) is 0 Å². The van der Waals surface area contributed by atoms with Gasteiger partial charge in [-0.3, -0.25) is 0 Å². The van der Waals surface area contributed by atoms with Crippen LogP contribution in [0.15, 0.2) is 18.2 Å². The van der Waals surface area contributed by atoms with Crippen molar-refractivity contribution in [3.05, 3.63) is 34.9 Å². The fraction of sp³-hybridized carbons (Fsp3) is 0.400. The van der Waals surface area contributed by atoms with Crippen LogP contribution in [0.2, 0.25) is 0 Å². The van der Waals surface area contributed by atoms with Gasteiger partial charge in [0, 0.05) is 6.04 Å². The summed E-state index contributed by atoms with van der Waals surface area (Å²) in [6.45, 7) is 3.50. The van der Waals surface area contributed by atoms with Crippen molar-refractivity contribution in [1.29, 1.82) is 0 Å². The second-order valence-electron chi connectivity index (χ2n) is 3.31. The van der Waals surface area contributed by atoms with E-state index < -0.39 is 0 Å². The Labute approximate surface area is 72.3 Å². The van der Waals surface area contributed by atoms with E-state index in [4.69, 9.17) is 10.5 Å². The average Bonchev–Trinajstić information content (AvgIpc) is 2.49. The first-order valence-electron chi connectivity index (χ1n) is 4.22.